The van der Waals surface area contributed by atoms with Crippen LogP contribution in [0.1, 0.15) is 37.3 Å². The smallest absolute Gasteiger partial charge is 0.224 e. The van der Waals surface area contributed by atoms with Gasteiger partial charge in [-0.2, -0.15) is 0 Å². The SMILES string of the molecule is CC(C)(C)CC(=O)Nc1cccc(C2SCCS2)c1. The van der Waals surface area contributed by atoms with Gasteiger partial charge < -0.3 is 5.32 Å². The summed E-state index contributed by atoms with van der Waals surface area (Å²) in [6.45, 7) is 6.23. The summed E-state index contributed by atoms with van der Waals surface area (Å²) in [6, 6.07) is 8.25. The molecule has 2 rings (SSSR count). The molecule has 1 aromatic carbocycles. The fourth-order valence-electron chi connectivity index (χ4n) is 2.00. The number of anilines is 1. The second-order valence-electron chi connectivity index (χ2n) is 5.98. The van der Waals surface area contributed by atoms with Crippen LogP contribution in [-0.4, -0.2) is 17.4 Å². The molecule has 2 nitrogen and oxygen atoms in total. The van der Waals surface area contributed by atoms with E-state index in [0.717, 1.165) is 5.69 Å². The minimum Gasteiger partial charge on any atom is -0.326 e. The van der Waals surface area contributed by atoms with Gasteiger partial charge in [0.1, 0.15) is 0 Å². The summed E-state index contributed by atoms with van der Waals surface area (Å²) in [4.78, 5) is 11.9. The summed E-state index contributed by atoms with van der Waals surface area (Å²) in [6.07, 6.45) is 0.546. The molecule has 1 heterocycles. The van der Waals surface area contributed by atoms with E-state index in [1.165, 1.54) is 17.1 Å². The molecule has 1 aromatic rings. The average Bonchev–Trinajstić information content (AvgIpc) is 2.79. The normalized spacial score (nSPS) is 16.6. The maximum atomic E-state index is 11.9. The van der Waals surface area contributed by atoms with E-state index in [-0.39, 0.29) is 11.3 Å². The molecule has 19 heavy (non-hydrogen) atoms. The lowest BCUT2D eigenvalue weighted by atomic mass is 9.92. The lowest BCUT2D eigenvalue weighted by Crippen LogP contribution is -2.19. The van der Waals surface area contributed by atoms with Crippen LogP contribution in [0.5, 0.6) is 0 Å². The molecular formula is C15H21NOS2. The zero-order valence-electron chi connectivity index (χ0n) is 11.7. The fourth-order valence-corrected chi connectivity index (χ4v) is 4.84. The predicted molar refractivity (Wildman–Crippen MR) is 86.8 cm³/mol. The molecule has 0 aromatic heterocycles. The number of hydrogen-bond acceptors (Lipinski definition) is 3. The molecule has 0 radical (unpaired) electrons. The molecule has 1 amide bonds. The summed E-state index contributed by atoms with van der Waals surface area (Å²) in [5.74, 6) is 2.53. The summed E-state index contributed by atoms with van der Waals surface area (Å²) in [7, 11) is 0. The molecule has 104 valence electrons. The average molecular weight is 295 g/mol. The monoisotopic (exact) mass is 295 g/mol. The maximum Gasteiger partial charge on any atom is 0.224 e. The van der Waals surface area contributed by atoms with Gasteiger partial charge >= 0.3 is 0 Å². The predicted octanol–water partition coefficient (Wildman–Crippen LogP) is 4.54. The quantitative estimate of drug-likeness (QED) is 0.887. The minimum atomic E-state index is 0.0266. The third-order valence-corrected chi connectivity index (χ3v) is 5.86. The summed E-state index contributed by atoms with van der Waals surface area (Å²) in [5.41, 5.74) is 2.25. The van der Waals surface area contributed by atoms with Gasteiger partial charge in [-0.1, -0.05) is 32.9 Å². The summed E-state index contributed by atoms with van der Waals surface area (Å²) in [5, 5.41) is 3.00. The van der Waals surface area contributed by atoms with Crippen molar-refractivity contribution in [1.29, 1.82) is 0 Å². The summed E-state index contributed by atoms with van der Waals surface area (Å²) >= 11 is 3.97. The fraction of sp³-hybridized carbons (Fsp3) is 0.533. The molecule has 0 bridgehead atoms. The molecule has 0 unspecified atom stereocenters. The van der Waals surface area contributed by atoms with Gasteiger partial charge in [-0.25, -0.2) is 0 Å². The Bertz CT molecular complexity index is 448. The number of thioether (sulfide) groups is 2. The molecule has 0 spiro atoms. The van der Waals surface area contributed by atoms with Crippen LogP contribution in [0.15, 0.2) is 24.3 Å². The highest BCUT2D eigenvalue weighted by Crippen LogP contribution is 2.45. The Morgan fingerprint density at radius 2 is 2.00 bits per heavy atom. The van der Waals surface area contributed by atoms with Crippen molar-refractivity contribution in [2.45, 2.75) is 31.8 Å². The van der Waals surface area contributed by atoms with Crippen molar-refractivity contribution in [3.05, 3.63) is 29.8 Å². The lowest BCUT2D eigenvalue weighted by molar-refractivity contribution is -0.117. The van der Waals surface area contributed by atoms with Crippen molar-refractivity contribution in [3.63, 3.8) is 0 Å². The molecule has 1 saturated heterocycles. The second kappa shape index (κ2) is 6.23. The van der Waals surface area contributed by atoms with Crippen LogP contribution in [0.3, 0.4) is 0 Å². The number of carbonyl (C=O) groups is 1. The van der Waals surface area contributed by atoms with Crippen molar-refractivity contribution < 1.29 is 4.79 Å². The maximum absolute atomic E-state index is 11.9. The van der Waals surface area contributed by atoms with Gasteiger partial charge in [-0.05, 0) is 23.1 Å². The molecule has 1 N–H and O–H groups in total. The topological polar surface area (TPSA) is 29.1 Å². The molecule has 4 heteroatoms. The van der Waals surface area contributed by atoms with E-state index in [1.807, 2.05) is 35.7 Å². The van der Waals surface area contributed by atoms with Crippen LogP contribution in [0.4, 0.5) is 5.69 Å². The molecule has 1 aliphatic heterocycles. The number of amides is 1. The largest absolute Gasteiger partial charge is 0.326 e. The van der Waals surface area contributed by atoms with Crippen molar-refractivity contribution in [2.75, 3.05) is 16.8 Å². The van der Waals surface area contributed by atoms with E-state index in [2.05, 4.69) is 38.2 Å². The highest BCUT2D eigenvalue weighted by Gasteiger charge is 2.19. The number of hydrogen-bond donors (Lipinski definition) is 1. The second-order valence-corrected chi connectivity index (χ2v) is 8.71. The molecule has 0 aliphatic carbocycles. The number of benzene rings is 1. The van der Waals surface area contributed by atoms with Gasteiger partial charge in [-0.15, -0.1) is 23.5 Å². The zero-order valence-corrected chi connectivity index (χ0v) is 13.4. The molecule has 0 atom stereocenters. The van der Waals surface area contributed by atoms with Crippen LogP contribution in [-0.2, 0) is 4.79 Å². The minimum absolute atomic E-state index is 0.0266. The van der Waals surface area contributed by atoms with E-state index >= 15 is 0 Å². The number of nitrogens with one attached hydrogen (secondary N) is 1. The Labute approximate surface area is 124 Å². The van der Waals surface area contributed by atoms with Gasteiger partial charge in [-0.3, -0.25) is 4.79 Å². The Balaban J connectivity index is 2.00. The molecule has 1 aliphatic rings. The van der Waals surface area contributed by atoms with Crippen LogP contribution < -0.4 is 5.32 Å². The first kappa shape index (κ1) is 14.8. The standard InChI is InChI=1S/C15H21NOS2/c1-15(2,3)10-13(17)16-12-6-4-5-11(9-12)14-18-7-8-19-14/h4-6,9,14H,7-8,10H2,1-3H3,(H,16,17). The van der Waals surface area contributed by atoms with Crippen LogP contribution >= 0.6 is 23.5 Å². The molecular weight excluding hydrogens is 274 g/mol. The van der Waals surface area contributed by atoms with Crippen molar-refractivity contribution in [1.82, 2.24) is 0 Å². The Hall–Kier alpha value is -0.610. The first-order valence-electron chi connectivity index (χ1n) is 6.57. The number of carbonyl (C=O) groups excluding carboxylic acids is 1. The van der Waals surface area contributed by atoms with Gasteiger partial charge in [0, 0.05) is 23.6 Å². The van der Waals surface area contributed by atoms with Crippen molar-refractivity contribution in [2.24, 2.45) is 5.41 Å². The van der Waals surface area contributed by atoms with E-state index in [1.54, 1.807) is 0 Å². The molecule has 1 fully saturated rings. The Morgan fingerprint density at radius 1 is 1.32 bits per heavy atom. The van der Waals surface area contributed by atoms with E-state index in [4.69, 9.17) is 0 Å². The van der Waals surface area contributed by atoms with Crippen LogP contribution in [0.2, 0.25) is 0 Å². The third-order valence-electron chi connectivity index (χ3n) is 2.76. The summed E-state index contributed by atoms with van der Waals surface area (Å²) < 4.78 is 0.527. The van der Waals surface area contributed by atoms with E-state index < -0.39 is 0 Å². The highest BCUT2D eigenvalue weighted by atomic mass is 32.2. The highest BCUT2D eigenvalue weighted by molar-refractivity contribution is 8.19. The van der Waals surface area contributed by atoms with Gasteiger partial charge in [0.25, 0.3) is 0 Å². The third kappa shape index (κ3) is 4.77. The van der Waals surface area contributed by atoms with Crippen molar-refractivity contribution in [3.8, 4) is 0 Å². The van der Waals surface area contributed by atoms with E-state index in [0.29, 0.717) is 11.0 Å². The molecule has 0 saturated carbocycles. The van der Waals surface area contributed by atoms with Gasteiger partial charge in [0.15, 0.2) is 0 Å². The van der Waals surface area contributed by atoms with Crippen LogP contribution in [0, 0.1) is 5.41 Å². The Kier molecular flexibility index (Phi) is 4.85. The zero-order chi connectivity index (χ0) is 13.9. The van der Waals surface area contributed by atoms with Gasteiger partial charge in [0.2, 0.25) is 5.91 Å². The van der Waals surface area contributed by atoms with E-state index in [9.17, 15) is 4.79 Å². The number of rotatable bonds is 3. The first-order chi connectivity index (χ1) is 8.94. The van der Waals surface area contributed by atoms with Gasteiger partial charge in [0.05, 0.1) is 4.58 Å². The first-order valence-corrected chi connectivity index (χ1v) is 8.67. The lowest BCUT2D eigenvalue weighted by Gasteiger charge is -2.17. The Morgan fingerprint density at radius 3 is 2.63 bits per heavy atom. The van der Waals surface area contributed by atoms with Crippen LogP contribution in [0.25, 0.3) is 0 Å². The van der Waals surface area contributed by atoms with Crippen molar-refractivity contribution >= 4 is 35.1 Å².